The maximum Gasteiger partial charge on any atom is 0.407 e. The second kappa shape index (κ2) is 15.6. The normalized spacial score (nSPS) is 17.5. The van der Waals surface area contributed by atoms with Crippen LogP contribution in [0.15, 0.2) is 61.1 Å². The van der Waals surface area contributed by atoms with Crippen LogP contribution in [-0.4, -0.2) is 114 Å². The fourth-order valence-electron chi connectivity index (χ4n) is 7.35. The van der Waals surface area contributed by atoms with Crippen molar-refractivity contribution in [2.75, 3.05) is 33.8 Å². The molecule has 2 fully saturated rings. The van der Waals surface area contributed by atoms with Crippen molar-refractivity contribution in [3.05, 3.63) is 72.7 Å². The van der Waals surface area contributed by atoms with Gasteiger partial charge in [0.05, 0.1) is 65.9 Å². The van der Waals surface area contributed by atoms with Gasteiger partial charge in [-0.15, -0.1) is 0 Å². The summed E-state index contributed by atoms with van der Waals surface area (Å²) in [4.78, 5) is 79.6. The van der Waals surface area contributed by atoms with Gasteiger partial charge in [-0.25, -0.2) is 24.5 Å². The lowest BCUT2D eigenvalue weighted by Gasteiger charge is -2.30. The molecule has 55 heavy (non-hydrogen) atoms. The lowest BCUT2D eigenvalue weighted by atomic mass is 10.0. The highest BCUT2D eigenvalue weighted by molar-refractivity contribution is 5.87. The lowest BCUT2D eigenvalue weighted by molar-refractivity contribution is -0.135. The molecule has 7 rings (SSSR count). The van der Waals surface area contributed by atoms with Gasteiger partial charge in [0.25, 0.3) is 0 Å². The minimum absolute atomic E-state index is 0.115. The van der Waals surface area contributed by atoms with Gasteiger partial charge in [0.15, 0.2) is 0 Å². The molecule has 1 unspecified atom stereocenters. The van der Waals surface area contributed by atoms with Crippen LogP contribution in [-0.2, 0) is 14.3 Å². The van der Waals surface area contributed by atoms with Crippen molar-refractivity contribution in [1.29, 1.82) is 0 Å². The van der Waals surface area contributed by atoms with Crippen molar-refractivity contribution in [3.63, 3.8) is 0 Å². The van der Waals surface area contributed by atoms with E-state index in [1.165, 1.54) is 14.2 Å². The molecule has 4 N–H and O–H groups in total. The molecule has 0 bridgehead atoms. The van der Waals surface area contributed by atoms with Gasteiger partial charge < -0.3 is 39.8 Å². The molecule has 4 amide bonds. The number of nitrogens with zero attached hydrogens (tertiary/aromatic N) is 7. The molecule has 0 saturated carbocycles. The highest BCUT2D eigenvalue weighted by atomic mass is 16.5. The third kappa shape index (κ3) is 7.70. The van der Waals surface area contributed by atoms with E-state index in [-0.39, 0.29) is 36.4 Å². The molecular weight excluding hydrogens is 704 g/mol. The number of H-pyrrole nitrogens is 2. The summed E-state index contributed by atoms with van der Waals surface area (Å²) in [5, 5.41) is 11.9. The molecular formula is C39H44N10O6. The Kier molecular flexibility index (Phi) is 10.5. The zero-order chi connectivity index (χ0) is 38.8. The van der Waals surface area contributed by atoms with Crippen LogP contribution in [0.5, 0.6) is 0 Å². The highest BCUT2D eigenvalue weighted by Crippen LogP contribution is 2.34. The lowest BCUT2D eigenvalue weighted by Crippen LogP contribution is -2.51. The van der Waals surface area contributed by atoms with Crippen LogP contribution in [0.4, 0.5) is 9.59 Å². The number of amides is 4. The predicted octanol–water partition coefficient (Wildman–Crippen LogP) is 5.39. The molecule has 16 nitrogen and oxygen atoms in total. The summed E-state index contributed by atoms with van der Waals surface area (Å²) in [6.07, 6.45) is 6.63. The van der Waals surface area contributed by atoms with Gasteiger partial charge in [-0.1, -0.05) is 44.2 Å². The first-order valence-corrected chi connectivity index (χ1v) is 18.4. The molecule has 5 aromatic rings. The summed E-state index contributed by atoms with van der Waals surface area (Å²) in [7, 11) is 2.66. The Morgan fingerprint density at radius 3 is 2.09 bits per heavy atom. The maximum absolute atomic E-state index is 13.5. The Morgan fingerprint density at radius 2 is 1.45 bits per heavy atom. The average molecular weight is 749 g/mol. The van der Waals surface area contributed by atoms with Crippen molar-refractivity contribution >= 4 is 35.0 Å². The number of aromatic nitrogens is 6. The molecule has 2 aromatic carbocycles. The van der Waals surface area contributed by atoms with Crippen molar-refractivity contribution in [2.24, 2.45) is 5.92 Å². The minimum atomic E-state index is -1.15. The summed E-state index contributed by atoms with van der Waals surface area (Å²) >= 11 is 0. The van der Waals surface area contributed by atoms with E-state index in [0.717, 1.165) is 69.9 Å². The van der Waals surface area contributed by atoms with Gasteiger partial charge in [0.2, 0.25) is 11.8 Å². The average Bonchev–Trinajstić information content (AvgIpc) is 4.03. The summed E-state index contributed by atoms with van der Waals surface area (Å²) in [5.41, 5.74) is 6.48. The van der Waals surface area contributed by atoms with Gasteiger partial charge in [-0.3, -0.25) is 14.6 Å². The van der Waals surface area contributed by atoms with Gasteiger partial charge in [-0.2, -0.15) is 0 Å². The van der Waals surface area contributed by atoms with E-state index in [9.17, 15) is 24.3 Å². The number of nitrogens with one attached hydrogen (secondary N) is 3. The summed E-state index contributed by atoms with van der Waals surface area (Å²) in [5.74, 6) is 0.848. The molecule has 2 aliphatic heterocycles. The number of carbonyl (C=O) groups excluding carboxylic acids is 3. The second-order valence-corrected chi connectivity index (χ2v) is 14.3. The Morgan fingerprint density at radius 1 is 0.855 bits per heavy atom. The number of benzene rings is 2. The predicted molar refractivity (Wildman–Crippen MR) is 202 cm³/mol. The fourth-order valence-corrected chi connectivity index (χ4v) is 7.35. The second-order valence-electron chi connectivity index (χ2n) is 14.3. The zero-order valence-corrected chi connectivity index (χ0v) is 31.2. The van der Waals surface area contributed by atoms with Crippen LogP contribution in [0.1, 0.15) is 63.3 Å². The number of hydrogen-bond acceptors (Lipinski definition) is 9. The number of rotatable bonds is 10. The molecule has 5 heterocycles. The third-order valence-corrected chi connectivity index (χ3v) is 10.4. The number of hydrogen-bond donors (Lipinski definition) is 4. The monoisotopic (exact) mass is 748 g/mol. The van der Waals surface area contributed by atoms with Crippen LogP contribution in [0.2, 0.25) is 0 Å². The zero-order valence-electron chi connectivity index (χ0n) is 31.2. The van der Waals surface area contributed by atoms with E-state index in [0.29, 0.717) is 30.3 Å². The van der Waals surface area contributed by atoms with Crippen molar-refractivity contribution in [2.45, 2.75) is 57.7 Å². The van der Waals surface area contributed by atoms with E-state index < -0.39 is 18.2 Å². The number of likely N-dealkylation sites (tertiary alicyclic amines) is 2. The van der Waals surface area contributed by atoms with E-state index in [1.807, 2.05) is 56.3 Å². The molecule has 2 saturated heterocycles. The highest BCUT2D eigenvalue weighted by Gasteiger charge is 2.37. The van der Waals surface area contributed by atoms with Crippen molar-refractivity contribution in [1.82, 2.24) is 49.9 Å². The first kappa shape index (κ1) is 37.0. The number of carbonyl (C=O) groups is 4. The van der Waals surface area contributed by atoms with E-state index in [1.54, 1.807) is 28.4 Å². The number of likely N-dealkylation sites (N-methyl/N-ethyl adjacent to an activating group) is 1. The topological polar surface area (TPSA) is 203 Å². The van der Waals surface area contributed by atoms with Crippen molar-refractivity contribution < 1.29 is 29.0 Å². The molecule has 2 aliphatic rings. The molecule has 16 heteroatoms. The summed E-state index contributed by atoms with van der Waals surface area (Å²) in [6, 6.07) is 12.6. The van der Waals surface area contributed by atoms with Crippen molar-refractivity contribution in [3.8, 4) is 33.8 Å². The van der Waals surface area contributed by atoms with Crippen LogP contribution in [0.3, 0.4) is 0 Å². The number of methoxy groups -OCH3 is 1. The summed E-state index contributed by atoms with van der Waals surface area (Å²) in [6.45, 7) is 4.71. The first-order chi connectivity index (χ1) is 26.5. The van der Waals surface area contributed by atoms with Gasteiger partial charge >= 0.3 is 12.2 Å². The molecule has 0 aliphatic carbocycles. The molecule has 0 spiro atoms. The van der Waals surface area contributed by atoms with Crippen LogP contribution >= 0.6 is 0 Å². The largest absolute Gasteiger partial charge is 0.465 e. The molecule has 3 aromatic heterocycles. The smallest absolute Gasteiger partial charge is 0.407 e. The Hall–Kier alpha value is -6.32. The number of carboxylic acid groups (broad SMARTS) is 1. The molecule has 0 radical (unpaired) electrons. The molecule has 3 atom stereocenters. The molecule has 286 valence electrons. The van der Waals surface area contributed by atoms with Gasteiger partial charge in [0.1, 0.15) is 24.2 Å². The SMILES string of the molecule is COC(=O)N[C@H](C(=O)N1CCCC1c1ncc(-c2ccc(-c3cnc4cc(-c5cnc([C@@H]6CCCN6C(=O)CN(C)C(=O)O)[nH]5)ccc4n3)cc2)[nH]1)C(C)C. The number of fused-ring (bicyclic) bond motifs is 1. The number of aromatic amines is 2. The van der Waals surface area contributed by atoms with Crippen LogP contribution < -0.4 is 5.32 Å². The summed E-state index contributed by atoms with van der Waals surface area (Å²) < 4.78 is 4.75. The van der Waals surface area contributed by atoms with Gasteiger partial charge in [-0.05, 0) is 49.3 Å². The van der Waals surface area contributed by atoms with Crippen LogP contribution in [0.25, 0.3) is 44.8 Å². The number of alkyl carbamates (subject to hydrolysis) is 1. The fraction of sp³-hybridized carbons (Fsp3) is 0.385. The standard InChI is InChI=1S/C39H44N10O6/c1-22(2)34(46-38(52)55-4)37(51)49-16-6-8-32(49)36-41-19-29(44-36)24-11-9-23(10-12-24)28-18-40-27-17-25(13-14-26(27)43-28)30-20-42-35(45-30)31-7-5-15-48(31)33(50)21-47(3)39(53)54/h9-14,17-20,22,31-32,34H,5-8,15-16,21H2,1-4H3,(H,41,44)(H,42,45)(H,46,52)(H,53,54)/t31-,32?,34-/m0/s1. The third-order valence-electron chi connectivity index (χ3n) is 10.4. The first-order valence-electron chi connectivity index (χ1n) is 18.4. The van der Waals surface area contributed by atoms with E-state index >= 15 is 0 Å². The quantitative estimate of drug-likeness (QED) is 0.143. The van der Waals surface area contributed by atoms with E-state index in [2.05, 4.69) is 25.3 Å². The van der Waals surface area contributed by atoms with Gasteiger partial charge in [0, 0.05) is 31.3 Å². The Balaban J connectivity index is 1.02. The number of ether oxygens (including phenoxy) is 1. The number of imidazole rings is 2. The maximum atomic E-state index is 13.5. The van der Waals surface area contributed by atoms with Crippen LogP contribution in [0, 0.1) is 5.92 Å². The Bertz CT molecular complexity index is 2220. The van der Waals surface area contributed by atoms with E-state index in [4.69, 9.17) is 14.7 Å². The Labute approximate surface area is 317 Å². The minimum Gasteiger partial charge on any atom is -0.465 e.